The summed E-state index contributed by atoms with van der Waals surface area (Å²) in [4.78, 5) is 17.3. The number of ether oxygens (including phenoxy) is 1. The number of fused-ring (bicyclic) bond motifs is 2. The molecule has 0 spiro atoms. The van der Waals surface area contributed by atoms with E-state index in [-0.39, 0.29) is 23.8 Å². The molecule has 4 heteroatoms. The second-order valence-electron chi connectivity index (χ2n) is 8.76. The van der Waals surface area contributed by atoms with E-state index in [9.17, 15) is 4.79 Å². The van der Waals surface area contributed by atoms with Crippen LogP contribution in [0.15, 0.2) is 77.8 Å². The van der Waals surface area contributed by atoms with Crippen LogP contribution in [0.4, 0.5) is 0 Å². The van der Waals surface area contributed by atoms with Gasteiger partial charge in [-0.2, -0.15) is 0 Å². The standard InChI is InChI=1S/C29H36N2O2/c1-6-30(7-2)21-14-16-25-27(18-21)33-28-19-22(31(8-3)9-4)15-17-26(28)29(25)24-13-11-10-12-23(24)20(5)32/h10-19,21,26,28H,6-9H2,1-5H3. The van der Waals surface area contributed by atoms with Crippen molar-refractivity contribution < 1.29 is 9.53 Å². The number of carbonyl (C=O) groups excluding carboxylic acids is 1. The molecule has 0 aromatic heterocycles. The molecule has 2 aliphatic carbocycles. The van der Waals surface area contributed by atoms with Crippen molar-refractivity contribution in [3.63, 3.8) is 0 Å². The fourth-order valence-electron chi connectivity index (χ4n) is 5.26. The number of likely N-dealkylation sites (N-methyl/N-ethyl adjacent to an activating group) is 2. The largest absolute Gasteiger partial charge is 0.485 e. The molecule has 3 atom stereocenters. The van der Waals surface area contributed by atoms with Gasteiger partial charge in [-0.25, -0.2) is 0 Å². The van der Waals surface area contributed by atoms with Crippen LogP contribution in [-0.4, -0.2) is 53.9 Å². The number of rotatable bonds is 8. The number of nitrogens with zero attached hydrogens (tertiary/aromatic N) is 2. The Morgan fingerprint density at radius 2 is 1.67 bits per heavy atom. The molecule has 1 aromatic carbocycles. The quantitative estimate of drug-likeness (QED) is 0.488. The molecule has 33 heavy (non-hydrogen) atoms. The molecule has 0 radical (unpaired) electrons. The average Bonchev–Trinajstić information content (AvgIpc) is 2.84. The maximum atomic E-state index is 12.5. The van der Waals surface area contributed by atoms with Crippen molar-refractivity contribution in [3.05, 3.63) is 88.9 Å². The summed E-state index contributed by atoms with van der Waals surface area (Å²) < 4.78 is 6.67. The summed E-state index contributed by atoms with van der Waals surface area (Å²) >= 11 is 0. The van der Waals surface area contributed by atoms with E-state index in [1.54, 1.807) is 6.92 Å². The van der Waals surface area contributed by atoms with Crippen LogP contribution in [0.2, 0.25) is 0 Å². The lowest BCUT2D eigenvalue weighted by Crippen LogP contribution is -2.37. The molecule has 0 bridgehead atoms. The molecule has 1 aliphatic heterocycles. The van der Waals surface area contributed by atoms with Gasteiger partial charge < -0.3 is 9.64 Å². The molecule has 4 nitrogen and oxygen atoms in total. The minimum absolute atomic E-state index is 0.0617. The first kappa shape index (κ1) is 23.3. The van der Waals surface area contributed by atoms with Crippen molar-refractivity contribution in [1.82, 2.24) is 9.80 Å². The Kier molecular flexibility index (Phi) is 7.04. The third-order valence-electron chi connectivity index (χ3n) is 7.06. The summed E-state index contributed by atoms with van der Waals surface area (Å²) in [5.41, 5.74) is 5.27. The van der Waals surface area contributed by atoms with Crippen LogP contribution in [0.5, 0.6) is 0 Å². The Bertz CT molecular complexity index is 1050. The Hall–Kier alpha value is -2.85. The fourth-order valence-corrected chi connectivity index (χ4v) is 5.26. The molecule has 0 N–H and O–H groups in total. The molecule has 0 fully saturated rings. The van der Waals surface area contributed by atoms with E-state index >= 15 is 0 Å². The number of carbonyl (C=O) groups is 1. The number of ketones is 1. The van der Waals surface area contributed by atoms with E-state index in [4.69, 9.17) is 4.74 Å². The minimum atomic E-state index is -0.0977. The highest BCUT2D eigenvalue weighted by Crippen LogP contribution is 2.45. The van der Waals surface area contributed by atoms with E-state index in [0.717, 1.165) is 48.6 Å². The van der Waals surface area contributed by atoms with Crippen molar-refractivity contribution in [1.29, 1.82) is 0 Å². The Labute approximate surface area is 198 Å². The molecular formula is C29H36N2O2. The van der Waals surface area contributed by atoms with E-state index < -0.39 is 0 Å². The summed E-state index contributed by atoms with van der Waals surface area (Å²) in [6.45, 7) is 14.3. The Morgan fingerprint density at radius 1 is 0.939 bits per heavy atom. The first-order chi connectivity index (χ1) is 16.0. The molecule has 3 unspecified atom stereocenters. The maximum Gasteiger partial charge on any atom is 0.160 e. The van der Waals surface area contributed by atoms with Crippen LogP contribution in [0, 0.1) is 5.92 Å². The zero-order valence-electron chi connectivity index (χ0n) is 20.5. The molecule has 1 aromatic rings. The first-order valence-electron chi connectivity index (χ1n) is 12.3. The van der Waals surface area contributed by atoms with Gasteiger partial charge in [0.2, 0.25) is 0 Å². The summed E-state index contributed by atoms with van der Waals surface area (Å²) in [5.74, 6) is 1.08. The molecule has 174 valence electrons. The van der Waals surface area contributed by atoms with Crippen LogP contribution in [-0.2, 0) is 4.74 Å². The Morgan fingerprint density at radius 3 is 2.33 bits per heavy atom. The monoisotopic (exact) mass is 444 g/mol. The third kappa shape index (κ3) is 4.37. The Balaban J connectivity index is 1.86. The predicted molar refractivity (Wildman–Crippen MR) is 136 cm³/mol. The minimum Gasteiger partial charge on any atom is -0.485 e. The number of benzene rings is 1. The van der Waals surface area contributed by atoms with Gasteiger partial charge in [-0.15, -0.1) is 0 Å². The lowest BCUT2D eigenvalue weighted by molar-refractivity contribution is 0.101. The van der Waals surface area contributed by atoms with Crippen LogP contribution in [0.1, 0.15) is 50.5 Å². The predicted octanol–water partition coefficient (Wildman–Crippen LogP) is 5.62. The maximum absolute atomic E-state index is 12.5. The van der Waals surface area contributed by atoms with Crippen molar-refractivity contribution in [2.24, 2.45) is 5.92 Å². The fraction of sp³-hybridized carbons (Fsp3) is 0.414. The van der Waals surface area contributed by atoms with E-state index in [1.807, 2.05) is 18.2 Å². The van der Waals surface area contributed by atoms with Gasteiger partial charge in [-0.3, -0.25) is 9.69 Å². The van der Waals surface area contributed by atoms with E-state index in [1.165, 1.54) is 11.3 Å². The number of hydrogen-bond donors (Lipinski definition) is 0. The van der Waals surface area contributed by atoms with Gasteiger partial charge in [0, 0.05) is 35.8 Å². The van der Waals surface area contributed by atoms with Crippen molar-refractivity contribution in [3.8, 4) is 0 Å². The number of Topliss-reactive ketones (excluding diaryl/α,β-unsaturated/α-hetero) is 1. The van der Waals surface area contributed by atoms with Gasteiger partial charge in [-0.1, -0.05) is 56.3 Å². The molecule has 3 aliphatic rings. The van der Waals surface area contributed by atoms with Crippen LogP contribution in [0.25, 0.3) is 5.57 Å². The second kappa shape index (κ2) is 9.96. The smallest absolute Gasteiger partial charge is 0.160 e. The van der Waals surface area contributed by atoms with Gasteiger partial charge in [0.1, 0.15) is 11.9 Å². The summed E-state index contributed by atoms with van der Waals surface area (Å²) in [7, 11) is 0. The molecule has 1 heterocycles. The van der Waals surface area contributed by atoms with Gasteiger partial charge in [0.15, 0.2) is 5.78 Å². The summed E-state index contributed by atoms with van der Waals surface area (Å²) in [6, 6.07) is 8.21. The zero-order valence-corrected chi connectivity index (χ0v) is 20.5. The van der Waals surface area contributed by atoms with Crippen molar-refractivity contribution in [2.45, 2.75) is 46.8 Å². The van der Waals surface area contributed by atoms with Crippen molar-refractivity contribution >= 4 is 11.4 Å². The van der Waals surface area contributed by atoms with Crippen LogP contribution < -0.4 is 0 Å². The lowest BCUT2D eigenvalue weighted by atomic mass is 9.77. The summed E-state index contributed by atoms with van der Waals surface area (Å²) in [5, 5.41) is 0. The van der Waals surface area contributed by atoms with E-state index in [2.05, 4.69) is 80.0 Å². The van der Waals surface area contributed by atoms with Crippen LogP contribution in [0.3, 0.4) is 0 Å². The lowest BCUT2D eigenvalue weighted by Gasteiger charge is -2.40. The number of allylic oxidation sites excluding steroid dienone is 2. The molecule has 4 rings (SSSR count). The number of hydrogen-bond acceptors (Lipinski definition) is 4. The first-order valence-corrected chi connectivity index (χ1v) is 12.3. The highest BCUT2D eigenvalue weighted by Gasteiger charge is 2.37. The normalized spacial score (nSPS) is 23.5. The van der Waals surface area contributed by atoms with Gasteiger partial charge in [-0.05, 0) is 63.2 Å². The van der Waals surface area contributed by atoms with Gasteiger partial charge >= 0.3 is 0 Å². The topological polar surface area (TPSA) is 32.8 Å². The molecule has 0 amide bonds. The second-order valence-corrected chi connectivity index (χ2v) is 8.76. The zero-order chi connectivity index (χ0) is 23.5. The highest BCUT2D eigenvalue weighted by molar-refractivity contribution is 6.00. The highest BCUT2D eigenvalue weighted by atomic mass is 16.5. The summed E-state index contributed by atoms with van der Waals surface area (Å²) in [6.07, 6.45) is 13.4. The van der Waals surface area contributed by atoms with Crippen LogP contribution >= 0.6 is 0 Å². The molecule has 0 saturated heterocycles. The van der Waals surface area contributed by atoms with Gasteiger partial charge in [0.05, 0.1) is 6.04 Å². The van der Waals surface area contributed by atoms with Crippen molar-refractivity contribution in [2.75, 3.05) is 26.2 Å². The average molecular weight is 445 g/mol. The van der Waals surface area contributed by atoms with E-state index in [0.29, 0.717) is 0 Å². The third-order valence-corrected chi connectivity index (χ3v) is 7.06. The molecule has 0 saturated carbocycles. The van der Waals surface area contributed by atoms with Gasteiger partial charge in [0.25, 0.3) is 0 Å². The molecular weight excluding hydrogens is 408 g/mol. The SMILES string of the molecule is CCN(CC)C1=CC2OC3=CC(N(CC)CC)C=CC3=C(c3ccccc3C(C)=O)C2C=C1.